The summed E-state index contributed by atoms with van der Waals surface area (Å²) in [5.41, 5.74) is 5.39. The van der Waals surface area contributed by atoms with Crippen LogP contribution in [0.25, 0.3) is 6.08 Å². The fourth-order valence-corrected chi connectivity index (χ4v) is 4.32. The van der Waals surface area contributed by atoms with Crippen molar-refractivity contribution in [2.24, 2.45) is 0 Å². The Morgan fingerprint density at radius 2 is 1.84 bits per heavy atom. The quantitative estimate of drug-likeness (QED) is 0.712. The minimum Gasteiger partial charge on any atom is -0.462 e. The van der Waals surface area contributed by atoms with Crippen LogP contribution in [0.1, 0.15) is 46.5 Å². The van der Waals surface area contributed by atoms with Crippen LogP contribution >= 0.6 is 0 Å². The van der Waals surface area contributed by atoms with Crippen LogP contribution in [-0.2, 0) is 5.41 Å². The van der Waals surface area contributed by atoms with Crippen molar-refractivity contribution in [1.29, 1.82) is 0 Å². The van der Waals surface area contributed by atoms with Gasteiger partial charge in [0.15, 0.2) is 0 Å². The highest BCUT2D eigenvalue weighted by Gasteiger charge is 2.57. The molecule has 0 radical (unpaired) electrons. The molecule has 0 aromatic heterocycles. The van der Waals surface area contributed by atoms with E-state index in [1.54, 1.807) is 0 Å². The number of carbonyl (C=O) groups is 1. The summed E-state index contributed by atoms with van der Waals surface area (Å²) in [5, 5.41) is 0. The summed E-state index contributed by atoms with van der Waals surface area (Å²) in [6, 6.07) is 10.4. The molecular formula is C22H23NO2. The smallest absolute Gasteiger partial charge is 0.211 e. The summed E-state index contributed by atoms with van der Waals surface area (Å²) >= 11 is 0. The van der Waals surface area contributed by atoms with Crippen molar-refractivity contribution in [3.05, 3.63) is 64.2 Å². The van der Waals surface area contributed by atoms with Gasteiger partial charge in [0.05, 0.1) is 5.41 Å². The highest BCUT2D eigenvalue weighted by molar-refractivity contribution is 5.83. The normalized spacial score (nSPS) is 22.5. The average molecular weight is 333 g/mol. The van der Waals surface area contributed by atoms with E-state index in [9.17, 15) is 4.79 Å². The summed E-state index contributed by atoms with van der Waals surface area (Å²) in [6.07, 6.45) is 5.16. The SMILES string of the molecule is Cc1c(C=O)cc2c(c1C)OC1(C=C2)N(C)c2ccccc2C1(C)C. The van der Waals surface area contributed by atoms with Crippen LogP contribution in [0, 0.1) is 13.8 Å². The van der Waals surface area contributed by atoms with Gasteiger partial charge in [-0.25, -0.2) is 0 Å². The van der Waals surface area contributed by atoms with E-state index >= 15 is 0 Å². The molecule has 2 aromatic carbocycles. The number of likely N-dealkylation sites (N-methyl/N-ethyl adjacent to an activating group) is 1. The predicted molar refractivity (Wildman–Crippen MR) is 102 cm³/mol. The Morgan fingerprint density at radius 1 is 1.12 bits per heavy atom. The Balaban J connectivity index is 1.92. The fraction of sp³-hybridized carbons (Fsp3) is 0.318. The molecule has 128 valence electrons. The number of hydrogen-bond donors (Lipinski definition) is 0. The van der Waals surface area contributed by atoms with Crippen LogP contribution in [0.15, 0.2) is 36.4 Å². The van der Waals surface area contributed by atoms with E-state index in [1.165, 1.54) is 11.3 Å². The molecule has 4 rings (SSSR count). The van der Waals surface area contributed by atoms with Crippen LogP contribution < -0.4 is 9.64 Å². The third kappa shape index (κ3) is 1.84. The highest BCUT2D eigenvalue weighted by Crippen LogP contribution is 2.54. The molecule has 2 heterocycles. The largest absolute Gasteiger partial charge is 0.462 e. The molecule has 1 unspecified atom stereocenters. The minimum atomic E-state index is -0.580. The Labute approximate surface area is 148 Å². The Kier molecular flexibility index (Phi) is 3.18. The van der Waals surface area contributed by atoms with Crippen LogP contribution in [0.4, 0.5) is 5.69 Å². The number of carbonyl (C=O) groups excluding carboxylic acids is 1. The van der Waals surface area contributed by atoms with Gasteiger partial charge in [-0.15, -0.1) is 0 Å². The molecule has 0 saturated heterocycles. The lowest BCUT2D eigenvalue weighted by molar-refractivity contribution is 0.0573. The van der Waals surface area contributed by atoms with Gasteiger partial charge in [-0.3, -0.25) is 4.79 Å². The van der Waals surface area contributed by atoms with Gasteiger partial charge in [0.25, 0.3) is 0 Å². The van der Waals surface area contributed by atoms with Gasteiger partial charge >= 0.3 is 0 Å². The summed E-state index contributed by atoms with van der Waals surface area (Å²) in [7, 11) is 2.09. The molecule has 25 heavy (non-hydrogen) atoms. The van der Waals surface area contributed by atoms with Gasteiger partial charge < -0.3 is 9.64 Å². The monoisotopic (exact) mass is 333 g/mol. The lowest BCUT2D eigenvalue weighted by atomic mass is 9.76. The number of hydrogen-bond acceptors (Lipinski definition) is 3. The summed E-state index contributed by atoms with van der Waals surface area (Å²) in [4.78, 5) is 13.6. The number of aldehydes is 1. The van der Waals surface area contributed by atoms with Gasteiger partial charge in [-0.05, 0) is 68.7 Å². The number of para-hydroxylation sites is 1. The van der Waals surface area contributed by atoms with Gasteiger partial charge in [-0.1, -0.05) is 18.2 Å². The zero-order chi connectivity index (χ0) is 18.0. The average Bonchev–Trinajstić information content (AvgIpc) is 2.78. The third-order valence-electron chi connectivity index (χ3n) is 6.12. The van der Waals surface area contributed by atoms with E-state index in [0.29, 0.717) is 0 Å². The van der Waals surface area contributed by atoms with Gasteiger partial charge in [0, 0.05) is 23.9 Å². The van der Waals surface area contributed by atoms with E-state index < -0.39 is 5.72 Å². The molecule has 2 aromatic rings. The maximum absolute atomic E-state index is 11.3. The van der Waals surface area contributed by atoms with E-state index in [4.69, 9.17) is 4.74 Å². The first-order chi connectivity index (χ1) is 11.8. The lowest BCUT2D eigenvalue weighted by Crippen LogP contribution is -2.58. The molecule has 1 atom stereocenters. The van der Waals surface area contributed by atoms with E-state index in [-0.39, 0.29) is 5.41 Å². The van der Waals surface area contributed by atoms with Crippen LogP contribution in [0.5, 0.6) is 5.75 Å². The second kappa shape index (κ2) is 4.98. The third-order valence-corrected chi connectivity index (χ3v) is 6.12. The van der Waals surface area contributed by atoms with Crippen molar-refractivity contribution >= 4 is 18.0 Å². The molecule has 0 fully saturated rings. The lowest BCUT2D eigenvalue weighted by Gasteiger charge is -2.46. The standard InChI is InChI=1S/C22H23NO2/c1-14-15(2)20-16(12-17(14)13-24)10-11-22(25-20)21(3,4)18-8-6-7-9-19(18)23(22)5/h6-13H,1-5H3. The number of fused-ring (bicyclic) bond motifs is 2. The fourth-order valence-electron chi connectivity index (χ4n) is 4.32. The molecule has 0 amide bonds. The minimum absolute atomic E-state index is 0.212. The molecule has 0 bridgehead atoms. The first kappa shape index (κ1) is 15.9. The second-order valence-corrected chi connectivity index (χ2v) is 7.58. The van der Waals surface area contributed by atoms with Gasteiger partial charge in [0.2, 0.25) is 5.72 Å². The molecule has 0 N–H and O–H groups in total. The molecule has 0 aliphatic carbocycles. The highest BCUT2D eigenvalue weighted by atomic mass is 16.5. The van der Waals surface area contributed by atoms with E-state index in [0.717, 1.165) is 34.3 Å². The number of nitrogens with zero attached hydrogens (tertiary/aromatic N) is 1. The second-order valence-electron chi connectivity index (χ2n) is 7.58. The zero-order valence-corrected chi connectivity index (χ0v) is 15.4. The van der Waals surface area contributed by atoms with Crippen molar-refractivity contribution in [2.45, 2.75) is 38.8 Å². The number of rotatable bonds is 1. The maximum Gasteiger partial charge on any atom is 0.211 e. The molecule has 3 heteroatoms. The van der Waals surface area contributed by atoms with Crippen molar-refractivity contribution in [3.63, 3.8) is 0 Å². The maximum atomic E-state index is 11.3. The topological polar surface area (TPSA) is 29.5 Å². The first-order valence-electron chi connectivity index (χ1n) is 8.64. The Bertz CT molecular complexity index is 926. The number of anilines is 1. The van der Waals surface area contributed by atoms with Gasteiger partial charge in [-0.2, -0.15) is 0 Å². The van der Waals surface area contributed by atoms with Crippen molar-refractivity contribution in [1.82, 2.24) is 0 Å². The summed E-state index contributed by atoms with van der Waals surface area (Å²) in [6.45, 7) is 8.47. The van der Waals surface area contributed by atoms with Crippen molar-refractivity contribution < 1.29 is 9.53 Å². The van der Waals surface area contributed by atoms with Crippen LogP contribution in [0.2, 0.25) is 0 Å². The van der Waals surface area contributed by atoms with E-state index in [1.807, 2.05) is 19.9 Å². The van der Waals surface area contributed by atoms with Crippen molar-refractivity contribution in [3.8, 4) is 5.75 Å². The predicted octanol–water partition coefficient (Wildman–Crippen LogP) is 4.65. The van der Waals surface area contributed by atoms with E-state index in [2.05, 4.69) is 62.2 Å². The zero-order valence-electron chi connectivity index (χ0n) is 15.4. The number of ether oxygens (including phenoxy) is 1. The number of benzene rings is 2. The molecule has 1 spiro atoms. The van der Waals surface area contributed by atoms with Gasteiger partial charge in [0.1, 0.15) is 12.0 Å². The van der Waals surface area contributed by atoms with Crippen molar-refractivity contribution in [2.75, 3.05) is 11.9 Å². The molecule has 3 nitrogen and oxygen atoms in total. The summed E-state index contributed by atoms with van der Waals surface area (Å²) in [5.74, 6) is 0.873. The first-order valence-corrected chi connectivity index (χ1v) is 8.64. The summed E-state index contributed by atoms with van der Waals surface area (Å²) < 4.78 is 6.72. The molecule has 0 saturated carbocycles. The van der Waals surface area contributed by atoms with Crippen LogP contribution in [0.3, 0.4) is 0 Å². The molecular weight excluding hydrogens is 310 g/mol. The van der Waals surface area contributed by atoms with Crippen LogP contribution in [-0.4, -0.2) is 19.1 Å². The Hall–Kier alpha value is -2.55. The molecule has 2 aliphatic rings. The Morgan fingerprint density at radius 3 is 2.52 bits per heavy atom. The molecule has 2 aliphatic heterocycles.